The minimum Gasteiger partial charge on any atom is -0.347 e. The van der Waals surface area contributed by atoms with Crippen molar-refractivity contribution in [1.29, 1.82) is 0 Å². The molecule has 2 heterocycles. The number of aryl methyl sites for hydroxylation is 1. The molecule has 1 fully saturated rings. The van der Waals surface area contributed by atoms with Crippen molar-refractivity contribution in [3.05, 3.63) is 5.01 Å². The lowest BCUT2D eigenvalue weighted by Gasteiger charge is -2.25. The maximum atomic E-state index is 4.21. The monoisotopic (exact) mass is 197 g/mol. The first-order chi connectivity index (χ1) is 6.40. The lowest BCUT2D eigenvalue weighted by atomic mass is 10.1. The van der Waals surface area contributed by atoms with Crippen LogP contribution >= 0.6 is 11.3 Å². The second-order valence-electron chi connectivity index (χ2n) is 3.38. The third kappa shape index (κ3) is 1.99. The van der Waals surface area contributed by atoms with Crippen LogP contribution in [0.5, 0.6) is 0 Å². The third-order valence-corrected chi connectivity index (χ3v) is 3.51. The summed E-state index contributed by atoms with van der Waals surface area (Å²) in [5, 5.41) is 10.6. The molecule has 72 valence electrons. The zero-order valence-electron chi connectivity index (χ0n) is 7.99. The van der Waals surface area contributed by atoms with E-state index in [0.717, 1.165) is 16.6 Å². The molecule has 0 radical (unpaired) electrons. The summed E-state index contributed by atoms with van der Waals surface area (Å²) in [6.07, 6.45) is 4.99. The molecule has 0 aromatic carbocycles. The number of hydrogen-bond donors (Lipinski definition) is 0. The maximum absolute atomic E-state index is 4.21. The van der Waals surface area contributed by atoms with Crippen LogP contribution in [0.2, 0.25) is 0 Å². The topological polar surface area (TPSA) is 29.0 Å². The predicted octanol–water partition coefficient (Wildman–Crippen LogP) is 2.09. The largest absolute Gasteiger partial charge is 0.347 e. The summed E-state index contributed by atoms with van der Waals surface area (Å²) < 4.78 is 0. The summed E-state index contributed by atoms with van der Waals surface area (Å²) in [6.45, 7) is 4.46. The molecule has 0 unspecified atom stereocenters. The van der Waals surface area contributed by atoms with E-state index in [0.29, 0.717) is 0 Å². The highest BCUT2D eigenvalue weighted by atomic mass is 32.1. The molecule has 1 aliphatic heterocycles. The van der Waals surface area contributed by atoms with Crippen LogP contribution < -0.4 is 4.90 Å². The van der Waals surface area contributed by atoms with E-state index in [-0.39, 0.29) is 0 Å². The quantitative estimate of drug-likeness (QED) is 0.727. The summed E-state index contributed by atoms with van der Waals surface area (Å²) in [5.74, 6) is 0. The highest BCUT2D eigenvalue weighted by Gasteiger charge is 2.14. The van der Waals surface area contributed by atoms with E-state index >= 15 is 0 Å². The first-order valence-corrected chi connectivity index (χ1v) is 5.79. The Hall–Kier alpha value is -0.640. The Morgan fingerprint density at radius 2 is 2.00 bits per heavy atom. The van der Waals surface area contributed by atoms with Crippen molar-refractivity contribution in [1.82, 2.24) is 10.2 Å². The van der Waals surface area contributed by atoms with E-state index in [9.17, 15) is 0 Å². The van der Waals surface area contributed by atoms with Gasteiger partial charge in [0.2, 0.25) is 5.13 Å². The van der Waals surface area contributed by atoms with Crippen LogP contribution in [0.25, 0.3) is 0 Å². The van der Waals surface area contributed by atoms with Crippen LogP contribution in [0.1, 0.15) is 31.2 Å². The molecule has 13 heavy (non-hydrogen) atoms. The molecule has 1 aromatic rings. The summed E-state index contributed by atoms with van der Waals surface area (Å²) in [7, 11) is 0. The van der Waals surface area contributed by atoms with Crippen molar-refractivity contribution < 1.29 is 0 Å². The average molecular weight is 197 g/mol. The minimum absolute atomic E-state index is 1.01. The Bertz CT molecular complexity index is 266. The second-order valence-corrected chi connectivity index (χ2v) is 4.42. The number of rotatable bonds is 2. The molecule has 0 N–H and O–H groups in total. The van der Waals surface area contributed by atoms with Crippen LogP contribution in [0.4, 0.5) is 5.13 Å². The highest BCUT2D eigenvalue weighted by molar-refractivity contribution is 7.15. The molecule has 0 saturated carbocycles. The van der Waals surface area contributed by atoms with Gasteiger partial charge in [-0.1, -0.05) is 18.3 Å². The van der Waals surface area contributed by atoms with Crippen LogP contribution in [-0.2, 0) is 6.42 Å². The predicted molar refractivity (Wildman–Crippen MR) is 55.4 cm³/mol. The Labute approximate surface area is 82.8 Å². The van der Waals surface area contributed by atoms with Crippen molar-refractivity contribution in [3.63, 3.8) is 0 Å². The van der Waals surface area contributed by atoms with Gasteiger partial charge in [-0.3, -0.25) is 0 Å². The second kappa shape index (κ2) is 4.05. The van der Waals surface area contributed by atoms with Gasteiger partial charge in [0.1, 0.15) is 5.01 Å². The molecule has 0 spiro atoms. The van der Waals surface area contributed by atoms with Crippen molar-refractivity contribution in [2.24, 2.45) is 0 Å². The van der Waals surface area contributed by atoms with E-state index in [2.05, 4.69) is 22.0 Å². The first kappa shape index (κ1) is 8.94. The number of piperidine rings is 1. The zero-order chi connectivity index (χ0) is 9.10. The Morgan fingerprint density at radius 3 is 2.62 bits per heavy atom. The van der Waals surface area contributed by atoms with E-state index < -0.39 is 0 Å². The SMILES string of the molecule is CCc1nnc(N2CCCCC2)s1. The van der Waals surface area contributed by atoms with E-state index in [1.807, 2.05) is 0 Å². The fourth-order valence-corrected chi connectivity index (χ4v) is 2.43. The molecule has 3 nitrogen and oxygen atoms in total. The smallest absolute Gasteiger partial charge is 0.208 e. The molecular weight excluding hydrogens is 182 g/mol. The van der Waals surface area contributed by atoms with E-state index in [1.165, 1.54) is 32.4 Å². The fourth-order valence-electron chi connectivity index (χ4n) is 1.60. The summed E-state index contributed by atoms with van der Waals surface area (Å²) in [6, 6.07) is 0. The number of hydrogen-bond acceptors (Lipinski definition) is 4. The molecular formula is C9H15N3S. The van der Waals surface area contributed by atoms with E-state index in [1.54, 1.807) is 11.3 Å². The van der Waals surface area contributed by atoms with Gasteiger partial charge in [-0.2, -0.15) is 0 Å². The van der Waals surface area contributed by atoms with Crippen molar-refractivity contribution >= 4 is 16.5 Å². The average Bonchev–Trinajstić information content (AvgIpc) is 2.67. The first-order valence-electron chi connectivity index (χ1n) is 4.97. The Kier molecular flexibility index (Phi) is 2.78. The zero-order valence-corrected chi connectivity index (χ0v) is 8.81. The van der Waals surface area contributed by atoms with Gasteiger partial charge in [0.05, 0.1) is 0 Å². The van der Waals surface area contributed by atoms with Crippen LogP contribution in [0.15, 0.2) is 0 Å². The van der Waals surface area contributed by atoms with Gasteiger partial charge in [0, 0.05) is 13.1 Å². The Morgan fingerprint density at radius 1 is 1.23 bits per heavy atom. The van der Waals surface area contributed by atoms with Crippen molar-refractivity contribution in [2.45, 2.75) is 32.6 Å². The molecule has 1 saturated heterocycles. The van der Waals surface area contributed by atoms with Gasteiger partial charge in [-0.05, 0) is 25.7 Å². The van der Waals surface area contributed by atoms with Crippen LogP contribution in [-0.4, -0.2) is 23.3 Å². The lowest BCUT2D eigenvalue weighted by molar-refractivity contribution is 0.575. The van der Waals surface area contributed by atoms with Crippen molar-refractivity contribution in [3.8, 4) is 0 Å². The molecule has 4 heteroatoms. The summed E-state index contributed by atoms with van der Waals surface area (Å²) >= 11 is 1.74. The Balaban J connectivity index is 2.05. The molecule has 1 aliphatic rings. The molecule has 0 aliphatic carbocycles. The van der Waals surface area contributed by atoms with Crippen LogP contribution in [0.3, 0.4) is 0 Å². The van der Waals surface area contributed by atoms with Gasteiger partial charge < -0.3 is 4.90 Å². The van der Waals surface area contributed by atoms with Crippen LogP contribution in [0, 0.1) is 0 Å². The van der Waals surface area contributed by atoms with Gasteiger partial charge in [-0.25, -0.2) is 0 Å². The molecule has 2 rings (SSSR count). The molecule has 0 amide bonds. The molecule has 0 atom stereocenters. The van der Waals surface area contributed by atoms with E-state index in [4.69, 9.17) is 0 Å². The standard InChI is InChI=1S/C9H15N3S/c1-2-8-10-11-9(13-8)12-6-4-3-5-7-12/h2-7H2,1H3. The van der Waals surface area contributed by atoms with Gasteiger partial charge >= 0.3 is 0 Å². The van der Waals surface area contributed by atoms with Gasteiger partial charge in [-0.15, -0.1) is 10.2 Å². The lowest BCUT2D eigenvalue weighted by Crippen LogP contribution is -2.29. The molecule has 1 aromatic heterocycles. The summed E-state index contributed by atoms with van der Waals surface area (Å²) in [5.41, 5.74) is 0. The van der Waals surface area contributed by atoms with Gasteiger partial charge in [0.15, 0.2) is 0 Å². The maximum Gasteiger partial charge on any atom is 0.208 e. The minimum atomic E-state index is 1.01. The third-order valence-electron chi connectivity index (χ3n) is 2.39. The molecule has 0 bridgehead atoms. The summed E-state index contributed by atoms with van der Waals surface area (Å²) in [4.78, 5) is 2.36. The fraction of sp³-hybridized carbons (Fsp3) is 0.778. The number of nitrogens with zero attached hydrogens (tertiary/aromatic N) is 3. The number of anilines is 1. The van der Waals surface area contributed by atoms with Gasteiger partial charge in [0.25, 0.3) is 0 Å². The number of aromatic nitrogens is 2. The normalized spacial score (nSPS) is 17.8. The highest BCUT2D eigenvalue weighted by Crippen LogP contribution is 2.23. The van der Waals surface area contributed by atoms with Crippen molar-refractivity contribution in [2.75, 3.05) is 18.0 Å².